The van der Waals surface area contributed by atoms with E-state index in [4.69, 9.17) is 4.74 Å². The molecule has 1 fully saturated rings. The van der Waals surface area contributed by atoms with E-state index in [1.807, 2.05) is 0 Å². The fraction of sp³-hybridized carbons (Fsp3) is 0.571. The lowest BCUT2D eigenvalue weighted by atomic mass is 10.1. The van der Waals surface area contributed by atoms with Crippen LogP contribution in [0.2, 0.25) is 0 Å². The molecule has 0 heterocycles. The van der Waals surface area contributed by atoms with Gasteiger partial charge in [0, 0.05) is 7.11 Å². The van der Waals surface area contributed by atoms with Crippen LogP contribution in [0.4, 0.5) is 0 Å². The van der Waals surface area contributed by atoms with Crippen LogP contribution in [-0.2, 0) is 11.3 Å². The van der Waals surface area contributed by atoms with Gasteiger partial charge in [-0.1, -0.05) is 24.3 Å². The van der Waals surface area contributed by atoms with Crippen molar-refractivity contribution in [3.63, 3.8) is 0 Å². The van der Waals surface area contributed by atoms with Crippen LogP contribution < -0.4 is 5.32 Å². The number of hydrogen-bond acceptors (Lipinski definition) is 3. The van der Waals surface area contributed by atoms with E-state index < -0.39 is 0 Å². The van der Waals surface area contributed by atoms with E-state index in [2.05, 4.69) is 29.6 Å². The zero-order valence-electron chi connectivity index (χ0n) is 10.4. The van der Waals surface area contributed by atoms with E-state index in [1.165, 1.54) is 12.8 Å². The van der Waals surface area contributed by atoms with E-state index >= 15 is 0 Å². The summed E-state index contributed by atoms with van der Waals surface area (Å²) >= 11 is 0. The summed E-state index contributed by atoms with van der Waals surface area (Å²) in [5.41, 5.74) is 2.31. The van der Waals surface area contributed by atoms with Crippen LogP contribution in [0.25, 0.3) is 0 Å². The van der Waals surface area contributed by atoms with Crippen molar-refractivity contribution in [2.45, 2.75) is 25.5 Å². The maximum Gasteiger partial charge on any atom is 0.0713 e. The number of hydrogen-bond donors (Lipinski definition) is 2. The van der Waals surface area contributed by atoms with Crippen LogP contribution in [-0.4, -0.2) is 25.4 Å². The first kappa shape index (κ1) is 12.6. The lowest BCUT2D eigenvalue weighted by molar-refractivity contribution is 0.185. The number of benzene rings is 1. The molecule has 0 bridgehead atoms. The third kappa shape index (κ3) is 3.80. The van der Waals surface area contributed by atoms with Gasteiger partial charge in [0.15, 0.2) is 0 Å². The lowest BCUT2D eigenvalue weighted by Gasteiger charge is -2.17. The maximum atomic E-state index is 9.40. The summed E-state index contributed by atoms with van der Waals surface area (Å²) in [6, 6.07) is 8.30. The molecule has 0 aromatic heterocycles. The predicted octanol–water partition coefficient (Wildman–Crippen LogP) is 1.87. The van der Waals surface area contributed by atoms with Gasteiger partial charge in [-0.2, -0.15) is 0 Å². The van der Waals surface area contributed by atoms with Gasteiger partial charge in [0.25, 0.3) is 0 Å². The molecule has 0 saturated heterocycles. The molecule has 1 aromatic rings. The Balaban J connectivity index is 1.92. The van der Waals surface area contributed by atoms with Crippen molar-refractivity contribution >= 4 is 0 Å². The molecular weight excluding hydrogens is 214 g/mol. The van der Waals surface area contributed by atoms with Crippen molar-refractivity contribution in [1.82, 2.24) is 5.32 Å². The Morgan fingerprint density at radius 2 is 2.06 bits per heavy atom. The van der Waals surface area contributed by atoms with Gasteiger partial charge in [-0.05, 0) is 36.4 Å². The van der Waals surface area contributed by atoms with Crippen LogP contribution in [0.1, 0.15) is 30.0 Å². The number of ether oxygens (including phenoxy) is 1. The monoisotopic (exact) mass is 235 g/mol. The second-order valence-corrected chi connectivity index (χ2v) is 4.76. The van der Waals surface area contributed by atoms with Crippen molar-refractivity contribution in [3.05, 3.63) is 35.4 Å². The van der Waals surface area contributed by atoms with E-state index in [0.29, 0.717) is 6.61 Å². The molecule has 0 radical (unpaired) electrons. The number of aliphatic hydroxyl groups is 1. The van der Waals surface area contributed by atoms with E-state index in [1.54, 1.807) is 7.11 Å². The molecule has 0 aliphatic heterocycles. The minimum Gasteiger partial charge on any atom is -0.394 e. The van der Waals surface area contributed by atoms with Crippen LogP contribution in [0, 0.1) is 5.92 Å². The molecule has 1 aromatic carbocycles. The first-order valence-corrected chi connectivity index (χ1v) is 6.25. The van der Waals surface area contributed by atoms with Gasteiger partial charge in [-0.3, -0.25) is 0 Å². The van der Waals surface area contributed by atoms with Gasteiger partial charge in [0.1, 0.15) is 0 Å². The van der Waals surface area contributed by atoms with Crippen LogP contribution >= 0.6 is 0 Å². The highest BCUT2D eigenvalue weighted by Crippen LogP contribution is 2.28. The smallest absolute Gasteiger partial charge is 0.0713 e. The van der Waals surface area contributed by atoms with Gasteiger partial charge >= 0.3 is 0 Å². The third-order valence-corrected chi connectivity index (χ3v) is 3.23. The Morgan fingerprint density at radius 1 is 1.35 bits per heavy atom. The highest BCUT2D eigenvalue weighted by atomic mass is 16.5. The second-order valence-electron chi connectivity index (χ2n) is 4.76. The molecular formula is C14H21NO2. The van der Waals surface area contributed by atoms with E-state index in [-0.39, 0.29) is 12.6 Å². The predicted molar refractivity (Wildman–Crippen MR) is 67.7 cm³/mol. The number of methoxy groups -OCH3 is 1. The summed E-state index contributed by atoms with van der Waals surface area (Å²) < 4.78 is 5.08. The summed E-state index contributed by atoms with van der Waals surface area (Å²) in [5.74, 6) is 0.830. The van der Waals surface area contributed by atoms with Crippen molar-refractivity contribution < 1.29 is 9.84 Å². The van der Waals surface area contributed by atoms with Crippen LogP contribution in [0.3, 0.4) is 0 Å². The molecule has 3 heteroatoms. The number of aliphatic hydroxyl groups excluding tert-OH is 1. The zero-order chi connectivity index (χ0) is 12.1. The van der Waals surface area contributed by atoms with Gasteiger partial charge in [-0.15, -0.1) is 0 Å². The Hall–Kier alpha value is -0.900. The van der Waals surface area contributed by atoms with Gasteiger partial charge in [-0.25, -0.2) is 0 Å². The fourth-order valence-corrected chi connectivity index (χ4v) is 1.93. The van der Waals surface area contributed by atoms with Crippen molar-refractivity contribution in [3.8, 4) is 0 Å². The molecule has 94 valence electrons. The normalized spacial score (nSPS) is 17.1. The Morgan fingerprint density at radius 3 is 2.59 bits per heavy atom. The molecule has 1 aliphatic rings. The minimum atomic E-state index is 0.0622. The molecule has 0 spiro atoms. The molecule has 3 nitrogen and oxygen atoms in total. The summed E-state index contributed by atoms with van der Waals surface area (Å²) in [6.45, 7) is 1.81. The van der Waals surface area contributed by atoms with E-state index in [0.717, 1.165) is 23.6 Å². The Bertz CT molecular complexity index is 333. The van der Waals surface area contributed by atoms with Gasteiger partial charge in [0.2, 0.25) is 0 Å². The van der Waals surface area contributed by atoms with Gasteiger partial charge < -0.3 is 15.2 Å². The average molecular weight is 235 g/mol. The maximum absolute atomic E-state index is 9.40. The molecule has 1 unspecified atom stereocenters. The average Bonchev–Trinajstić information content (AvgIpc) is 3.16. The summed E-state index contributed by atoms with van der Waals surface area (Å²) in [4.78, 5) is 0. The molecule has 17 heavy (non-hydrogen) atoms. The Labute approximate surface area is 103 Å². The molecule has 1 atom stereocenters. The lowest BCUT2D eigenvalue weighted by Crippen LogP contribution is -2.26. The minimum absolute atomic E-state index is 0.0622. The zero-order valence-corrected chi connectivity index (χ0v) is 10.4. The first-order valence-electron chi connectivity index (χ1n) is 6.25. The third-order valence-electron chi connectivity index (χ3n) is 3.23. The van der Waals surface area contributed by atoms with Crippen molar-refractivity contribution in [1.29, 1.82) is 0 Å². The van der Waals surface area contributed by atoms with Crippen LogP contribution in [0.15, 0.2) is 24.3 Å². The molecule has 2 rings (SSSR count). The standard InChI is InChI=1S/C14H21NO2/c1-17-10-12-4-6-13(7-5-12)14(9-16)15-8-11-2-3-11/h4-7,11,14-16H,2-3,8-10H2,1H3. The number of rotatable bonds is 7. The Kier molecular flexibility index (Phi) is 4.54. The highest BCUT2D eigenvalue weighted by molar-refractivity contribution is 5.24. The topological polar surface area (TPSA) is 41.5 Å². The molecule has 0 amide bonds. The number of nitrogens with one attached hydrogen (secondary N) is 1. The van der Waals surface area contributed by atoms with Crippen molar-refractivity contribution in [2.75, 3.05) is 20.3 Å². The van der Waals surface area contributed by atoms with Crippen LogP contribution in [0.5, 0.6) is 0 Å². The summed E-state index contributed by atoms with van der Waals surface area (Å²) in [7, 11) is 1.70. The summed E-state index contributed by atoms with van der Waals surface area (Å²) in [6.07, 6.45) is 2.66. The summed E-state index contributed by atoms with van der Waals surface area (Å²) in [5, 5.41) is 12.8. The fourth-order valence-electron chi connectivity index (χ4n) is 1.93. The van der Waals surface area contributed by atoms with E-state index in [9.17, 15) is 5.11 Å². The molecule has 1 aliphatic carbocycles. The van der Waals surface area contributed by atoms with Crippen molar-refractivity contribution in [2.24, 2.45) is 5.92 Å². The quantitative estimate of drug-likeness (QED) is 0.758. The second kappa shape index (κ2) is 6.15. The first-order chi connectivity index (χ1) is 8.33. The molecule has 1 saturated carbocycles. The largest absolute Gasteiger partial charge is 0.394 e. The van der Waals surface area contributed by atoms with Gasteiger partial charge in [0.05, 0.1) is 19.3 Å². The SMILES string of the molecule is COCc1ccc(C(CO)NCC2CC2)cc1. The molecule has 2 N–H and O–H groups in total. The highest BCUT2D eigenvalue weighted by Gasteiger charge is 2.22.